The number of hydrogen-bond donors (Lipinski definition) is 0. The van der Waals surface area contributed by atoms with Gasteiger partial charge in [-0.05, 0) is 38.0 Å². The lowest BCUT2D eigenvalue weighted by molar-refractivity contribution is -0.577. The fourth-order valence-electron chi connectivity index (χ4n) is 5.22. The Labute approximate surface area is 146 Å². The molecule has 23 heavy (non-hydrogen) atoms. The van der Waals surface area contributed by atoms with Crippen molar-refractivity contribution >= 4 is 15.9 Å². The molecule has 2 bridgehead atoms. The molecule has 1 spiro atoms. The molecular formula is C17H27BrO5. The molecule has 1 saturated carbocycles. The first-order chi connectivity index (χ1) is 11.0. The van der Waals surface area contributed by atoms with E-state index in [0.717, 1.165) is 24.6 Å². The molecule has 0 aromatic heterocycles. The van der Waals surface area contributed by atoms with E-state index in [1.54, 1.807) is 0 Å². The van der Waals surface area contributed by atoms with E-state index in [0.29, 0.717) is 24.4 Å². The molecule has 5 aliphatic rings. The lowest BCUT2D eigenvalue weighted by Gasteiger charge is -2.60. The van der Waals surface area contributed by atoms with Gasteiger partial charge < -0.3 is 14.2 Å². The molecule has 8 atom stereocenters. The highest BCUT2D eigenvalue weighted by atomic mass is 79.9. The van der Waals surface area contributed by atoms with E-state index in [2.05, 4.69) is 29.8 Å². The van der Waals surface area contributed by atoms with Crippen LogP contribution in [-0.4, -0.2) is 35.9 Å². The third-order valence-corrected chi connectivity index (χ3v) is 6.78. The van der Waals surface area contributed by atoms with E-state index >= 15 is 0 Å². The molecule has 6 heteroatoms. The summed E-state index contributed by atoms with van der Waals surface area (Å²) in [6.07, 6.45) is 3.59. The third-order valence-electron chi connectivity index (χ3n) is 6.46. The average molecular weight is 391 g/mol. The molecule has 132 valence electrons. The lowest BCUT2D eigenvalue weighted by Crippen LogP contribution is -2.70. The smallest absolute Gasteiger partial charge is 0.201 e. The van der Waals surface area contributed by atoms with Gasteiger partial charge in [-0.1, -0.05) is 29.8 Å². The van der Waals surface area contributed by atoms with E-state index in [1.165, 1.54) is 6.42 Å². The van der Waals surface area contributed by atoms with E-state index in [1.807, 2.05) is 6.92 Å². The second kappa shape index (κ2) is 5.92. The van der Waals surface area contributed by atoms with Crippen LogP contribution in [0.2, 0.25) is 0 Å². The van der Waals surface area contributed by atoms with Crippen molar-refractivity contribution in [3.8, 4) is 0 Å². The number of halogens is 1. The van der Waals surface area contributed by atoms with E-state index in [4.69, 9.17) is 24.0 Å². The van der Waals surface area contributed by atoms with Crippen molar-refractivity contribution in [1.82, 2.24) is 0 Å². The van der Waals surface area contributed by atoms with Crippen molar-refractivity contribution in [2.24, 2.45) is 23.7 Å². The highest BCUT2D eigenvalue weighted by Gasteiger charge is 2.69. The summed E-state index contributed by atoms with van der Waals surface area (Å²) in [4.78, 5) is 11.9. The van der Waals surface area contributed by atoms with Crippen LogP contribution in [0.5, 0.6) is 0 Å². The van der Waals surface area contributed by atoms with Crippen LogP contribution in [-0.2, 0) is 24.0 Å². The molecule has 4 saturated heterocycles. The maximum absolute atomic E-state index is 6.29. The number of rotatable bonds is 3. The highest BCUT2D eigenvalue weighted by molar-refractivity contribution is 9.09. The largest absolute Gasteiger partial charge is 0.351 e. The Morgan fingerprint density at radius 3 is 2.74 bits per heavy atom. The highest BCUT2D eigenvalue weighted by Crippen LogP contribution is 2.60. The van der Waals surface area contributed by atoms with Gasteiger partial charge in [0.1, 0.15) is 0 Å². The van der Waals surface area contributed by atoms with E-state index < -0.39 is 17.7 Å². The summed E-state index contributed by atoms with van der Waals surface area (Å²) < 4.78 is 18.5. The second-order valence-electron chi connectivity index (χ2n) is 7.83. The molecule has 0 aromatic rings. The predicted molar refractivity (Wildman–Crippen MR) is 86.6 cm³/mol. The maximum Gasteiger partial charge on any atom is 0.201 e. The molecule has 5 nitrogen and oxygen atoms in total. The fourth-order valence-corrected chi connectivity index (χ4v) is 5.41. The normalized spacial score (nSPS) is 55.3. The zero-order valence-corrected chi connectivity index (χ0v) is 15.7. The predicted octanol–water partition coefficient (Wildman–Crippen LogP) is 3.61. The summed E-state index contributed by atoms with van der Waals surface area (Å²) >= 11 is 3.42. The van der Waals surface area contributed by atoms with Crippen molar-refractivity contribution in [3.63, 3.8) is 0 Å². The van der Waals surface area contributed by atoms with Gasteiger partial charge in [0.25, 0.3) is 0 Å². The van der Waals surface area contributed by atoms with Crippen LogP contribution in [0.3, 0.4) is 0 Å². The van der Waals surface area contributed by atoms with Crippen LogP contribution in [0.1, 0.15) is 46.5 Å². The summed E-state index contributed by atoms with van der Waals surface area (Å²) in [5.41, 5.74) is -0.485. The van der Waals surface area contributed by atoms with Crippen LogP contribution >= 0.6 is 15.9 Å². The van der Waals surface area contributed by atoms with Crippen molar-refractivity contribution in [2.75, 3.05) is 11.9 Å². The van der Waals surface area contributed by atoms with Crippen molar-refractivity contribution in [3.05, 3.63) is 0 Å². The maximum atomic E-state index is 6.29. The molecule has 0 aromatic carbocycles. The van der Waals surface area contributed by atoms with Gasteiger partial charge in [-0.25, -0.2) is 9.78 Å². The molecule has 5 rings (SSSR count). The van der Waals surface area contributed by atoms with Crippen LogP contribution in [0.25, 0.3) is 0 Å². The van der Waals surface area contributed by atoms with Crippen LogP contribution < -0.4 is 0 Å². The summed E-state index contributed by atoms with van der Waals surface area (Å²) in [6.45, 7) is 7.13. The minimum Gasteiger partial charge on any atom is -0.351 e. The fraction of sp³-hybridized carbons (Fsp3) is 1.00. The zero-order valence-electron chi connectivity index (χ0n) is 14.1. The van der Waals surface area contributed by atoms with Crippen LogP contribution in [0.4, 0.5) is 0 Å². The first kappa shape index (κ1) is 16.7. The van der Waals surface area contributed by atoms with Gasteiger partial charge in [0.15, 0.2) is 18.2 Å². The van der Waals surface area contributed by atoms with Gasteiger partial charge in [0.2, 0.25) is 5.79 Å². The Bertz CT molecular complexity index is 462. The molecule has 0 amide bonds. The van der Waals surface area contributed by atoms with Crippen molar-refractivity contribution in [1.29, 1.82) is 0 Å². The molecule has 0 unspecified atom stereocenters. The Morgan fingerprint density at radius 2 is 1.96 bits per heavy atom. The first-order valence-electron chi connectivity index (χ1n) is 8.88. The topological polar surface area (TPSA) is 46.2 Å². The van der Waals surface area contributed by atoms with Gasteiger partial charge in [-0.3, -0.25) is 0 Å². The van der Waals surface area contributed by atoms with E-state index in [9.17, 15) is 0 Å². The Kier molecular flexibility index (Phi) is 4.31. The van der Waals surface area contributed by atoms with Gasteiger partial charge in [0, 0.05) is 23.6 Å². The molecular weight excluding hydrogens is 364 g/mol. The van der Waals surface area contributed by atoms with Crippen LogP contribution in [0.15, 0.2) is 0 Å². The molecule has 4 aliphatic heterocycles. The molecule has 4 heterocycles. The number of fused-ring (bicyclic) bond motifs is 2. The zero-order chi connectivity index (χ0) is 16.2. The SMILES string of the molecule is C[C@H]1[C@@H](OCCBr)O[C@@H]2O[C@@]3(C)CC[C@H]4[C@H](C)CC[C@@H]1[C@@]24OO3. The van der Waals surface area contributed by atoms with Crippen molar-refractivity contribution < 1.29 is 24.0 Å². The van der Waals surface area contributed by atoms with Gasteiger partial charge in [-0.15, -0.1) is 0 Å². The molecule has 0 radical (unpaired) electrons. The molecule has 0 N–H and O–H groups in total. The Morgan fingerprint density at radius 1 is 1.13 bits per heavy atom. The monoisotopic (exact) mass is 390 g/mol. The number of hydrogen-bond acceptors (Lipinski definition) is 5. The van der Waals surface area contributed by atoms with Gasteiger partial charge in [-0.2, -0.15) is 0 Å². The minimum atomic E-state index is -0.710. The second-order valence-corrected chi connectivity index (χ2v) is 8.63. The minimum absolute atomic E-state index is 0.242. The van der Waals surface area contributed by atoms with Crippen molar-refractivity contribution in [2.45, 2.75) is 70.4 Å². The average Bonchev–Trinajstić information content (AvgIpc) is 2.76. The van der Waals surface area contributed by atoms with Gasteiger partial charge >= 0.3 is 0 Å². The molecule has 1 aliphatic carbocycles. The van der Waals surface area contributed by atoms with E-state index in [-0.39, 0.29) is 12.2 Å². The molecule has 5 fully saturated rings. The van der Waals surface area contributed by atoms with Gasteiger partial charge in [0.05, 0.1) is 6.61 Å². The first-order valence-corrected chi connectivity index (χ1v) is 10.00. The summed E-state index contributed by atoms with van der Waals surface area (Å²) in [5, 5.41) is 0.803. The number of ether oxygens (including phenoxy) is 3. The third kappa shape index (κ3) is 2.44. The lowest BCUT2D eigenvalue weighted by atomic mass is 9.58. The quantitative estimate of drug-likeness (QED) is 0.544. The van der Waals surface area contributed by atoms with Crippen LogP contribution in [0, 0.1) is 23.7 Å². The standard InChI is InChI=1S/C17H27BrO5/c1-10-4-5-13-11(2)14(19-9-8-18)20-15-17(13)12(10)6-7-16(3,21-15)22-23-17/h10-15H,4-9H2,1-3H3/t10-,11-,12+,13+,14+,15-,16-,17-/m1/s1. The summed E-state index contributed by atoms with van der Waals surface area (Å²) in [5.74, 6) is 0.894. The summed E-state index contributed by atoms with van der Waals surface area (Å²) in [7, 11) is 0. The Balaban J connectivity index is 1.70. The number of alkyl halides is 1. The summed E-state index contributed by atoms with van der Waals surface area (Å²) in [6, 6.07) is 0. The Hall–Kier alpha value is 0.280.